The summed E-state index contributed by atoms with van der Waals surface area (Å²) in [6.45, 7) is 0. The van der Waals surface area contributed by atoms with Crippen LogP contribution in [0.3, 0.4) is 0 Å². The first-order chi connectivity index (χ1) is 7.90. The van der Waals surface area contributed by atoms with Crippen LogP contribution in [-0.2, 0) is 0 Å². The van der Waals surface area contributed by atoms with Gasteiger partial charge in [0.05, 0.1) is 13.3 Å². The molecule has 0 amide bonds. The van der Waals surface area contributed by atoms with Crippen LogP contribution in [0.2, 0.25) is 0 Å². The number of hydrogen-bond donors (Lipinski definition) is 0. The second-order valence-corrected chi connectivity index (χ2v) is 3.04. The van der Waals surface area contributed by atoms with Crippen LogP contribution in [0.4, 0.5) is 5.69 Å². The van der Waals surface area contributed by atoms with E-state index in [2.05, 4.69) is 15.0 Å². The Balaban J connectivity index is 2.24. The Morgan fingerprint density at radius 3 is 2.62 bits per heavy atom. The Morgan fingerprint density at radius 2 is 1.88 bits per heavy atom. The zero-order chi connectivity index (χ0) is 11.2. The molecule has 4 heteroatoms. The maximum absolute atomic E-state index is 5.18. The fourth-order valence-electron chi connectivity index (χ4n) is 1.24. The molecule has 4 nitrogen and oxygen atoms in total. The van der Waals surface area contributed by atoms with Crippen molar-refractivity contribution in [2.45, 2.75) is 0 Å². The van der Waals surface area contributed by atoms with Crippen molar-refractivity contribution in [3.8, 4) is 5.75 Å². The van der Waals surface area contributed by atoms with Crippen LogP contribution < -0.4 is 4.74 Å². The van der Waals surface area contributed by atoms with Gasteiger partial charge in [0.15, 0.2) is 5.82 Å². The number of hydrogen-bond acceptors (Lipinski definition) is 4. The third kappa shape index (κ3) is 2.42. The Bertz CT molecular complexity index is 483. The number of nitrogens with zero attached hydrogens (tertiary/aromatic N) is 3. The predicted octanol–water partition coefficient (Wildman–Crippen LogP) is 2.24. The second kappa shape index (κ2) is 5.02. The molecule has 16 heavy (non-hydrogen) atoms. The lowest BCUT2D eigenvalue weighted by molar-refractivity contribution is 0.416. The molecule has 0 saturated carbocycles. The molecule has 1 heterocycles. The maximum Gasteiger partial charge on any atom is 0.170 e. The number of para-hydroxylation sites is 2. The van der Waals surface area contributed by atoms with Crippen LogP contribution >= 0.6 is 0 Å². The zero-order valence-electron chi connectivity index (χ0n) is 8.87. The highest BCUT2D eigenvalue weighted by Gasteiger charge is 1.97. The van der Waals surface area contributed by atoms with Crippen LogP contribution in [0.5, 0.6) is 5.75 Å². The minimum Gasteiger partial charge on any atom is -0.494 e. The topological polar surface area (TPSA) is 47.4 Å². The van der Waals surface area contributed by atoms with Crippen molar-refractivity contribution in [2.75, 3.05) is 7.11 Å². The first-order valence-electron chi connectivity index (χ1n) is 4.84. The van der Waals surface area contributed by atoms with Gasteiger partial charge in [-0.15, -0.1) is 0 Å². The van der Waals surface area contributed by atoms with E-state index in [1.54, 1.807) is 31.8 Å². The van der Waals surface area contributed by atoms with Crippen LogP contribution in [-0.4, -0.2) is 23.3 Å². The van der Waals surface area contributed by atoms with Gasteiger partial charge in [-0.3, -0.25) is 0 Å². The van der Waals surface area contributed by atoms with Gasteiger partial charge in [-0.1, -0.05) is 12.1 Å². The van der Waals surface area contributed by atoms with Gasteiger partial charge in [-0.2, -0.15) is 0 Å². The van der Waals surface area contributed by atoms with Crippen LogP contribution in [0.1, 0.15) is 5.82 Å². The van der Waals surface area contributed by atoms with Gasteiger partial charge in [0.25, 0.3) is 0 Å². The normalized spacial score (nSPS) is 10.6. The molecule has 0 atom stereocenters. The van der Waals surface area contributed by atoms with E-state index in [-0.39, 0.29) is 0 Å². The first kappa shape index (κ1) is 10.3. The van der Waals surface area contributed by atoms with E-state index in [0.29, 0.717) is 5.82 Å². The summed E-state index contributed by atoms with van der Waals surface area (Å²) in [4.78, 5) is 12.4. The summed E-state index contributed by atoms with van der Waals surface area (Å²) >= 11 is 0. The van der Waals surface area contributed by atoms with Gasteiger partial charge in [0.1, 0.15) is 11.4 Å². The second-order valence-electron chi connectivity index (χ2n) is 3.04. The quantitative estimate of drug-likeness (QED) is 0.734. The van der Waals surface area contributed by atoms with E-state index < -0.39 is 0 Å². The van der Waals surface area contributed by atoms with Gasteiger partial charge in [0, 0.05) is 12.4 Å². The van der Waals surface area contributed by atoms with Crippen molar-refractivity contribution in [1.82, 2.24) is 9.97 Å². The molecule has 0 fully saturated rings. The monoisotopic (exact) mass is 213 g/mol. The summed E-state index contributed by atoms with van der Waals surface area (Å²) in [6.07, 6.45) is 4.96. The van der Waals surface area contributed by atoms with Crippen molar-refractivity contribution < 1.29 is 4.74 Å². The van der Waals surface area contributed by atoms with E-state index in [1.807, 2.05) is 24.3 Å². The standard InChI is InChI=1S/C12H11N3O/c1-16-11-6-3-2-5-10(11)15-9-12-13-7-4-8-14-12/h2-9H,1H3/b15-9+. The Morgan fingerprint density at radius 1 is 1.12 bits per heavy atom. The van der Waals surface area contributed by atoms with E-state index in [9.17, 15) is 0 Å². The number of aliphatic imine (C=N–C) groups is 1. The molecular weight excluding hydrogens is 202 g/mol. The summed E-state index contributed by atoms with van der Waals surface area (Å²) in [5.74, 6) is 1.31. The third-order valence-corrected chi connectivity index (χ3v) is 1.99. The molecule has 0 aliphatic rings. The molecular formula is C12H11N3O. The smallest absolute Gasteiger partial charge is 0.170 e. The van der Waals surface area contributed by atoms with Crippen LogP contribution in [0.25, 0.3) is 0 Å². The number of ether oxygens (including phenoxy) is 1. The molecule has 0 unspecified atom stereocenters. The van der Waals surface area contributed by atoms with Crippen LogP contribution in [0.15, 0.2) is 47.7 Å². The molecule has 0 aliphatic heterocycles. The molecule has 0 bridgehead atoms. The van der Waals surface area contributed by atoms with E-state index in [1.165, 1.54) is 0 Å². The average Bonchev–Trinajstić information content (AvgIpc) is 2.38. The Kier molecular flexibility index (Phi) is 3.23. The van der Waals surface area contributed by atoms with E-state index in [0.717, 1.165) is 11.4 Å². The van der Waals surface area contributed by atoms with Crippen molar-refractivity contribution >= 4 is 11.9 Å². The highest BCUT2D eigenvalue weighted by molar-refractivity contribution is 5.78. The Hall–Kier alpha value is -2.23. The molecule has 0 N–H and O–H groups in total. The number of methoxy groups -OCH3 is 1. The van der Waals surface area contributed by atoms with Gasteiger partial charge in [0.2, 0.25) is 0 Å². The van der Waals surface area contributed by atoms with Gasteiger partial charge < -0.3 is 4.74 Å². The fraction of sp³-hybridized carbons (Fsp3) is 0.0833. The summed E-state index contributed by atoms with van der Waals surface area (Å²) in [5.41, 5.74) is 0.762. The third-order valence-electron chi connectivity index (χ3n) is 1.99. The maximum atomic E-state index is 5.18. The molecule has 2 rings (SSSR count). The zero-order valence-corrected chi connectivity index (χ0v) is 8.87. The minimum absolute atomic E-state index is 0.577. The SMILES string of the molecule is COc1ccccc1/N=C/c1ncccn1. The Labute approximate surface area is 93.7 Å². The summed E-state index contributed by atoms with van der Waals surface area (Å²) in [6, 6.07) is 9.30. The van der Waals surface area contributed by atoms with Gasteiger partial charge >= 0.3 is 0 Å². The molecule has 1 aromatic carbocycles. The number of benzene rings is 1. The van der Waals surface area contributed by atoms with E-state index in [4.69, 9.17) is 4.74 Å². The van der Waals surface area contributed by atoms with Crippen molar-refractivity contribution in [3.05, 3.63) is 48.5 Å². The lowest BCUT2D eigenvalue weighted by atomic mass is 10.3. The lowest BCUT2D eigenvalue weighted by Gasteiger charge is -2.02. The average molecular weight is 213 g/mol. The molecule has 1 aromatic heterocycles. The minimum atomic E-state index is 0.577. The first-order valence-corrected chi connectivity index (χ1v) is 4.84. The van der Waals surface area contributed by atoms with Gasteiger partial charge in [-0.05, 0) is 18.2 Å². The van der Waals surface area contributed by atoms with Crippen molar-refractivity contribution in [3.63, 3.8) is 0 Å². The molecule has 0 radical (unpaired) electrons. The van der Waals surface area contributed by atoms with Crippen molar-refractivity contribution in [2.24, 2.45) is 4.99 Å². The molecule has 0 aliphatic carbocycles. The summed E-state index contributed by atoms with van der Waals surface area (Å²) in [7, 11) is 1.62. The fourth-order valence-corrected chi connectivity index (χ4v) is 1.24. The molecule has 0 saturated heterocycles. The molecule has 80 valence electrons. The van der Waals surface area contributed by atoms with Gasteiger partial charge in [-0.25, -0.2) is 15.0 Å². The lowest BCUT2D eigenvalue weighted by Crippen LogP contribution is -1.90. The largest absolute Gasteiger partial charge is 0.494 e. The predicted molar refractivity (Wildman–Crippen MR) is 62.3 cm³/mol. The highest BCUT2D eigenvalue weighted by atomic mass is 16.5. The summed E-state index contributed by atoms with van der Waals surface area (Å²) in [5, 5.41) is 0. The number of aromatic nitrogens is 2. The highest BCUT2D eigenvalue weighted by Crippen LogP contribution is 2.25. The molecule has 2 aromatic rings. The summed E-state index contributed by atoms with van der Waals surface area (Å²) < 4.78 is 5.18. The van der Waals surface area contributed by atoms with Crippen LogP contribution in [0, 0.1) is 0 Å². The molecule has 0 spiro atoms. The number of rotatable bonds is 3. The van der Waals surface area contributed by atoms with Crippen molar-refractivity contribution in [1.29, 1.82) is 0 Å². The van der Waals surface area contributed by atoms with E-state index >= 15 is 0 Å².